The third-order valence-electron chi connectivity index (χ3n) is 6.62. The number of anilines is 1. The smallest absolute Gasteiger partial charge is 0.414 e. The average Bonchev–Trinajstić information content (AvgIpc) is 3.11. The van der Waals surface area contributed by atoms with Crippen LogP contribution in [0.3, 0.4) is 0 Å². The number of halogens is 3. The van der Waals surface area contributed by atoms with E-state index in [0.29, 0.717) is 19.4 Å². The van der Waals surface area contributed by atoms with Crippen LogP contribution in [0.2, 0.25) is 0 Å². The fourth-order valence-corrected chi connectivity index (χ4v) is 5.58. The highest BCUT2D eigenvalue weighted by atomic mass is 35.6. The summed E-state index contributed by atoms with van der Waals surface area (Å²) in [6.07, 6.45) is 0.479. The normalized spacial score (nSPS) is 26.8. The van der Waals surface area contributed by atoms with Gasteiger partial charge in [0.15, 0.2) is 0 Å². The first-order chi connectivity index (χ1) is 15.0. The predicted octanol–water partition coefficient (Wildman–Crippen LogP) is 3.99. The number of carbonyl (C=O) groups excluding carboxylic acids is 2. The molecule has 0 radical (unpaired) electrons. The Kier molecular flexibility index (Phi) is 6.21. The number of esters is 1. The van der Waals surface area contributed by atoms with Crippen molar-refractivity contribution in [1.82, 2.24) is 4.90 Å². The maximum absolute atomic E-state index is 12.8. The van der Waals surface area contributed by atoms with Crippen LogP contribution in [0.4, 0.5) is 16.2 Å². The summed E-state index contributed by atoms with van der Waals surface area (Å²) in [4.78, 5) is 39.7. The van der Waals surface area contributed by atoms with Crippen molar-refractivity contribution in [2.45, 2.75) is 34.5 Å². The number of hydrogen-bond donors (Lipinski definition) is 0. The lowest BCUT2D eigenvalue weighted by molar-refractivity contribution is -0.384. The Hall–Kier alpha value is -1.81. The molecule has 0 unspecified atom stereocenters. The average molecular weight is 507 g/mol. The molecule has 0 spiro atoms. The van der Waals surface area contributed by atoms with Gasteiger partial charge in [-0.25, -0.2) is 4.79 Å². The van der Waals surface area contributed by atoms with Crippen LogP contribution < -0.4 is 4.90 Å². The molecule has 9 nitrogen and oxygen atoms in total. The third kappa shape index (κ3) is 4.11. The second-order valence-electron chi connectivity index (χ2n) is 8.48. The van der Waals surface area contributed by atoms with Gasteiger partial charge in [-0.3, -0.25) is 19.8 Å². The van der Waals surface area contributed by atoms with Gasteiger partial charge in [0.2, 0.25) is 3.79 Å². The molecular formula is C20H22Cl3N3O6. The molecule has 12 heteroatoms. The highest BCUT2D eigenvalue weighted by molar-refractivity contribution is 6.67. The van der Waals surface area contributed by atoms with E-state index in [4.69, 9.17) is 44.3 Å². The van der Waals surface area contributed by atoms with Crippen LogP contribution in [0.25, 0.3) is 0 Å². The van der Waals surface area contributed by atoms with E-state index in [1.165, 1.54) is 18.1 Å². The number of hydrogen-bond acceptors (Lipinski definition) is 7. The summed E-state index contributed by atoms with van der Waals surface area (Å²) >= 11 is 17.1. The van der Waals surface area contributed by atoms with Crippen molar-refractivity contribution in [3.8, 4) is 0 Å². The first-order valence-corrected chi connectivity index (χ1v) is 11.3. The minimum absolute atomic E-state index is 0.0131. The van der Waals surface area contributed by atoms with Crippen LogP contribution in [0.15, 0.2) is 12.1 Å². The van der Waals surface area contributed by atoms with Gasteiger partial charge in [-0.05, 0) is 31.0 Å². The SMILES string of the molecule is COC(=O)[C@@H]1C[C@H]2c3ccc([N+](=O)[O-])c4c3[C@H](C[C@@H]2N(C)C1)CN4C(=O)OCC(Cl)(Cl)Cl. The number of ether oxygens (including phenoxy) is 2. The van der Waals surface area contributed by atoms with Crippen molar-refractivity contribution in [3.05, 3.63) is 33.4 Å². The van der Waals surface area contributed by atoms with Crippen molar-refractivity contribution in [3.63, 3.8) is 0 Å². The zero-order valence-corrected chi connectivity index (χ0v) is 19.7. The number of piperidine rings is 1. The summed E-state index contributed by atoms with van der Waals surface area (Å²) in [5.41, 5.74) is 1.74. The second kappa shape index (κ2) is 8.52. The van der Waals surface area contributed by atoms with Crippen LogP contribution in [0, 0.1) is 16.0 Å². The lowest BCUT2D eigenvalue weighted by Crippen LogP contribution is -2.50. The lowest BCUT2D eigenvalue weighted by Gasteiger charge is -2.46. The molecule has 4 rings (SSSR count). The van der Waals surface area contributed by atoms with Gasteiger partial charge in [-0.2, -0.15) is 0 Å². The van der Waals surface area contributed by atoms with Crippen LogP contribution >= 0.6 is 34.8 Å². The summed E-state index contributed by atoms with van der Waals surface area (Å²) in [6, 6.07) is 3.31. The van der Waals surface area contributed by atoms with Crippen LogP contribution in [-0.2, 0) is 14.3 Å². The van der Waals surface area contributed by atoms with Gasteiger partial charge >= 0.3 is 12.1 Å². The Morgan fingerprint density at radius 3 is 2.59 bits per heavy atom. The molecule has 1 aromatic rings. The largest absolute Gasteiger partial charge is 0.469 e. The Bertz CT molecular complexity index is 969. The molecule has 3 aliphatic rings. The van der Waals surface area contributed by atoms with E-state index in [1.54, 1.807) is 6.07 Å². The van der Waals surface area contributed by atoms with E-state index in [9.17, 15) is 19.7 Å². The summed E-state index contributed by atoms with van der Waals surface area (Å²) in [6.45, 7) is 0.337. The van der Waals surface area contributed by atoms with Crippen molar-refractivity contribution in [2.24, 2.45) is 5.92 Å². The lowest BCUT2D eigenvalue weighted by atomic mass is 9.68. The molecule has 0 saturated carbocycles. The maximum atomic E-state index is 12.8. The summed E-state index contributed by atoms with van der Waals surface area (Å²) in [7, 11) is 3.33. The van der Waals surface area contributed by atoms with Gasteiger partial charge in [0.1, 0.15) is 12.3 Å². The number of fused-ring (bicyclic) bond motifs is 2. The zero-order valence-electron chi connectivity index (χ0n) is 17.4. The van der Waals surface area contributed by atoms with E-state index in [-0.39, 0.29) is 47.7 Å². The van der Waals surface area contributed by atoms with E-state index < -0.39 is 21.4 Å². The monoisotopic (exact) mass is 505 g/mol. The van der Waals surface area contributed by atoms with E-state index in [0.717, 1.165) is 11.1 Å². The van der Waals surface area contributed by atoms with E-state index in [1.807, 2.05) is 7.05 Å². The summed E-state index contributed by atoms with van der Waals surface area (Å²) in [5.74, 6) is -0.673. The topological polar surface area (TPSA) is 102 Å². The number of methoxy groups -OCH3 is 1. The standard InChI is InChI=1S/C20H22Cl3N3O6/c1-24-7-11(18(27)31-2)5-13-12-3-4-14(26(29)30)17-16(12)10(6-15(13)24)8-25(17)19(28)32-9-20(21,22)23/h3-4,10-11,13,15H,5-9H2,1-2H3/t10-,11-,13+,15+/m1/s1. The number of alkyl halides is 3. The van der Waals surface area contributed by atoms with Gasteiger partial charge in [-0.1, -0.05) is 40.9 Å². The molecule has 0 bridgehead atoms. The predicted molar refractivity (Wildman–Crippen MR) is 119 cm³/mol. The Labute approximate surface area is 199 Å². The molecule has 1 saturated heterocycles. The number of benzene rings is 1. The van der Waals surface area contributed by atoms with Crippen LogP contribution in [0.5, 0.6) is 0 Å². The first-order valence-electron chi connectivity index (χ1n) is 10.1. The second-order valence-corrected chi connectivity index (χ2v) is 11.0. The summed E-state index contributed by atoms with van der Waals surface area (Å²) in [5, 5.41) is 11.8. The minimum Gasteiger partial charge on any atom is -0.469 e. The van der Waals surface area contributed by atoms with Gasteiger partial charge < -0.3 is 14.4 Å². The first kappa shape index (κ1) is 23.4. The minimum atomic E-state index is -1.79. The number of amides is 1. The van der Waals surface area contributed by atoms with Crippen LogP contribution in [-0.4, -0.2) is 65.6 Å². The number of carbonyl (C=O) groups is 2. The van der Waals surface area contributed by atoms with Gasteiger partial charge in [0.05, 0.1) is 18.0 Å². The highest BCUT2D eigenvalue weighted by Crippen LogP contribution is 2.55. The molecule has 1 aliphatic carbocycles. The Balaban J connectivity index is 1.74. The molecule has 4 atom stereocenters. The molecule has 2 aliphatic heterocycles. The molecule has 32 heavy (non-hydrogen) atoms. The molecule has 1 amide bonds. The van der Waals surface area contributed by atoms with Crippen molar-refractivity contribution < 1.29 is 24.0 Å². The number of nitro benzene ring substituents is 1. The fourth-order valence-electron chi connectivity index (χ4n) is 5.41. The number of rotatable bonds is 3. The number of nitrogens with zero attached hydrogens (tertiary/aromatic N) is 3. The van der Waals surface area contributed by atoms with E-state index in [2.05, 4.69) is 4.90 Å². The van der Waals surface area contributed by atoms with E-state index >= 15 is 0 Å². The van der Waals surface area contributed by atoms with Gasteiger partial charge in [-0.15, -0.1) is 0 Å². The molecule has 0 aromatic heterocycles. The highest BCUT2D eigenvalue weighted by Gasteiger charge is 2.50. The van der Waals surface area contributed by atoms with Crippen molar-refractivity contribution in [1.29, 1.82) is 0 Å². The Morgan fingerprint density at radius 2 is 1.97 bits per heavy atom. The quantitative estimate of drug-likeness (QED) is 0.264. The fraction of sp³-hybridized carbons (Fsp3) is 0.600. The number of likely N-dealkylation sites (tertiary alicyclic amines) is 1. The van der Waals surface area contributed by atoms with Crippen LogP contribution in [0.1, 0.15) is 35.8 Å². The third-order valence-corrected chi connectivity index (χ3v) is 6.95. The van der Waals surface area contributed by atoms with Crippen molar-refractivity contribution >= 4 is 58.2 Å². The molecule has 1 aromatic carbocycles. The Morgan fingerprint density at radius 1 is 1.25 bits per heavy atom. The molecule has 0 N–H and O–H groups in total. The molecular weight excluding hydrogens is 485 g/mol. The van der Waals surface area contributed by atoms with Crippen molar-refractivity contribution in [2.75, 3.05) is 38.8 Å². The molecule has 1 fully saturated rings. The number of likely N-dealkylation sites (N-methyl/N-ethyl adjacent to an activating group) is 1. The number of nitro groups is 1. The summed E-state index contributed by atoms with van der Waals surface area (Å²) < 4.78 is 8.30. The molecule has 174 valence electrons. The maximum Gasteiger partial charge on any atom is 0.414 e. The molecule has 2 heterocycles. The van der Waals surface area contributed by atoms with Gasteiger partial charge in [0, 0.05) is 37.0 Å². The van der Waals surface area contributed by atoms with Gasteiger partial charge in [0.25, 0.3) is 5.69 Å². The zero-order chi connectivity index (χ0) is 23.4.